The van der Waals surface area contributed by atoms with Crippen LogP contribution in [0.1, 0.15) is 6.92 Å². The average Bonchev–Trinajstić information content (AvgIpc) is 2.85. The van der Waals surface area contributed by atoms with Gasteiger partial charge in [0.05, 0.1) is 21.1 Å². The Hall–Kier alpha value is -3.06. The van der Waals surface area contributed by atoms with E-state index >= 15 is 0 Å². The van der Waals surface area contributed by atoms with Gasteiger partial charge in [-0.25, -0.2) is 4.98 Å². The van der Waals surface area contributed by atoms with Gasteiger partial charge in [0.25, 0.3) is 5.56 Å². The van der Waals surface area contributed by atoms with Gasteiger partial charge in [0.15, 0.2) is 0 Å². The number of hydrogen-bond acceptors (Lipinski definition) is 5. The van der Waals surface area contributed by atoms with Gasteiger partial charge >= 0.3 is 0 Å². The molecule has 5 rings (SSSR count). The maximum atomic E-state index is 13.4. The molecule has 1 saturated heterocycles. The van der Waals surface area contributed by atoms with E-state index in [9.17, 15) is 4.79 Å². The van der Waals surface area contributed by atoms with Gasteiger partial charge in [-0.05, 0) is 56.4 Å². The minimum Gasteiger partial charge on any atom is -0.369 e. The molecule has 0 aliphatic carbocycles. The number of fused-ring (bicyclic) bond motifs is 1. The third-order valence-corrected chi connectivity index (χ3v) is 7.16. The predicted octanol–water partition coefficient (Wildman–Crippen LogP) is 5.89. The van der Waals surface area contributed by atoms with Gasteiger partial charge < -0.3 is 19.7 Å². The van der Waals surface area contributed by atoms with E-state index in [2.05, 4.69) is 51.4 Å². The van der Waals surface area contributed by atoms with E-state index in [0.29, 0.717) is 33.5 Å². The zero-order valence-corrected chi connectivity index (χ0v) is 21.3. The summed E-state index contributed by atoms with van der Waals surface area (Å²) in [5.74, 6) is 0.676. The molecule has 1 aliphatic heterocycles. The standard InChI is InChI=1S/C27H27Cl2N5O/c1-3-34-24-16-25(31-19-7-9-20(10-8-19)33-13-11-32(2)12-14-33)30-17-18(24)15-21(27(34)35)26-22(28)5-4-6-23(26)29/h4-10,15-17H,3,11-14H2,1-2H3,(H,30,31). The first kappa shape index (κ1) is 23.7. The Labute approximate surface area is 214 Å². The number of piperazine rings is 1. The third-order valence-electron chi connectivity index (χ3n) is 6.53. The summed E-state index contributed by atoms with van der Waals surface area (Å²) < 4.78 is 1.73. The molecule has 1 N–H and O–H groups in total. The van der Waals surface area contributed by atoms with Crippen molar-refractivity contribution in [3.05, 3.63) is 81.2 Å². The quantitative estimate of drug-likeness (QED) is 0.365. The largest absolute Gasteiger partial charge is 0.369 e. The lowest BCUT2D eigenvalue weighted by Gasteiger charge is -2.34. The Kier molecular flexibility index (Phi) is 6.69. The molecule has 0 bridgehead atoms. The van der Waals surface area contributed by atoms with Crippen LogP contribution in [-0.2, 0) is 6.54 Å². The van der Waals surface area contributed by atoms with Gasteiger partial charge in [0.1, 0.15) is 5.82 Å². The number of hydrogen-bond donors (Lipinski definition) is 1. The summed E-state index contributed by atoms with van der Waals surface area (Å²) >= 11 is 12.8. The zero-order valence-electron chi connectivity index (χ0n) is 19.8. The van der Waals surface area contributed by atoms with Crippen molar-refractivity contribution in [1.82, 2.24) is 14.5 Å². The molecule has 0 amide bonds. The lowest BCUT2D eigenvalue weighted by molar-refractivity contribution is 0.313. The summed E-state index contributed by atoms with van der Waals surface area (Å²) in [7, 11) is 2.16. The van der Waals surface area contributed by atoms with Crippen molar-refractivity contribution in [3.8, 4) is 11.1 Å². The molecule has 0 unspecified atom stereocenters. The van der Waals surface area contributed by atoms with Crippen LogP contribution in [0.15, 0.2) is 65.6 Å². The second kappa shape index (κ2) is 9.90. The summed E-state index contributed by atoms with van der Waals surface area (Å²) in [5.41, 5.74) is 3.85. The Morgan fingerprint density at radius 2 is 1.66 bits per heavy atom. The fourth-order valence-corrected chi connectivity index (χ4v) is 5.16. The number of pyridine rings is 2. The lowest BCUT2D eigenvalue weighted by atomic mass is 10.0. The monoisotopic (exact) mass is 507 g/mol. The minimum absolute atomic E-state index is 0.135. The van der Waals surface area contributed by atoms with E-state index < -0.39 is 0 Å². The lowest BCUT2D eigenvalue weighted by Crippen LogP contribution is -2.44. The van der Waals surface area contributed by atoms with Gasteiger partial charge in [0, 0.05) is 67.3 Å². The summed E-state index contributed by atoms with van der Waals surface area (Å²) in [6, 6.07) is 17.4. The van der Waals surface area contributed by atoms with E-state index in [0.717, 1.165) is 42.8 Å². The van der Waals surface area contributed by atoms with Crippen molar-refractivity contribution in [2.24, 2.45) is 0 Å². The highest BCUT2D eigenvalue weighted by atomic mass is 35.5. The molecule has 0 radical (unpaired) electrons. The highest BCUT2D eigenvalue weighted by molar-refractivity contribution is 6.39. The highest BCUT2D eigenvalue weighted by Crippen LogP contribution is 2.34. The number of rotatable bonds is 5. The average molecular weight is 508 g/mol. The Morgan fingerprint density at radius 1 is 0.971 bits per heavy atom. The number of anilines is 3. The minimum atomic E-state index is -0.135. The summed E-state index contributed by atoms with van der Waals surface area (Å²) in [4.78, 5) is 22.7. The van der Waals surface area contributed by atoms with E-state index in [4.69, 9.17) is 23.2 Å². The Bertz CT molecular complexity index is 1410. The van der Waals surface area contributed by atoms with E-state index in [-0.39, 0.29) is 5.56 Å². The molecule has 6 nitrogen and oxygen atoms in total. The smallest absolute Gasteiger partial charge is 0.259 e. The normalized spacial score (nSPS) is 14.5. The molecule has 180 valence electrons. The fourth-order valence-electron chi connectivity index (χ4n) is 4.56. The Morgan fingerprint density at radius 3 is 2.31 bits per heavy atom. The summed E-state index contributed by atoms with van der Waals surface area (Å²) in [6.45, 7) is 6.67. The van der Waals surface area contributed by atoms with Crippen LogP contribution in [0.2, 0.25) is 10.0 Å². The molecule has 2 aromatic heterocycles. The predicted molar refractivity (Wildman–Crippen MR) is 147 cm³/mol. The first-order valence-electron chi connectivity index (χ1n) is 11.7. The number of likely N-dealkylation sites (N-methyl/N-ethyl adjacent to an activating group) is 1. The van der Waals surface area contributed by atoms with E-state index in [1.165, 1.54) is 5.69 Å². The van der Waals surface area contributed by atoms with Gasteiger partial charge in [-0.3, -0.25) is 4.79 Å². The van der Waals surface area contributed by atoms with Crippen molar-refractivity contribution in [3.63, 3.8) is 0 Å². The molecule has 35 heavy (non-hydrogen) atoms. The van der Waals surface area contributed by atoms with Crippen molar-refractivity contribution in [2.75, 3.05) is 43.4 Å². The maximum absolute atomic E-state index is 13.4. The van der Waals surface area contributed by atoms with Crippen LogP contribution in [0.25, 0.3) is 22.0 Å². The van der Waals surface area contributed by atoms with Crippen LogP contribution in [0.3, 0.4) is 0 Å². The molecule has 1 aliphatic rings. The zero-order chi connectivity index (χ0) is 24.5. The SMILES string of the molecule is CCn1c(=O)c(-c2c(Cl)cccc2Cl)cc2cnc(Nc3ccc(N4CCN(C)CC4)cc3)cc21. The number of nitrogens with zero attached hydrogens (tertiary/aromatic N) is 4. The highest BCUT2D eigenvalue weighted by Gasteiger charge is 2.17. The first-order chi connectivity index (χ1) is 16.9. The number of benzene rings is 2. The van der Waals surface area contributed by atoms with Crippen LogP contribution in [-0.4, -0.2) is 47.7 Å². The van der Waals surface area contributed by atoms with Gasteiger partial charge in [-0.15, -0.1) is 0 Å². The molecular formula is C27H27Cl2N5O. The summed E-state index contributed by atoms with van der Waals surface area (Å²) in [6.07, 6.45) is 1.77. The topological polar surface area (TPSA) is 53.4 Å². The number of aryl methyl sites for hydroxylation is 1. The molecule has 2 aromatic carbocycles. The maximum Gasteiger partial charge on any atom is 0.259 e. The Balaban J connectivity index is 1.45. The van der Waals surface area contributed by atoms with Crippen LogP contribution in [0.4, 0.5) is 17.2 Å². The van der Waals surface area contributed by atoms with Crippen LogP contribution < -0.4 is 15.8 Å². The molecule has 4 aromatic rings. The van der Waals surface area contributed by atoms with Crippen molar-refractivity contribution < 1.29 is 0 Å². The van der Waals surface area contributed by atoms with E-state index in [1.807, 2.05) is 19.1 Å². The fraction of sp³-hybridized carbons (Fsp3) is 0.259. The van der Waals surface area contributed by atoms with Gasteiger partial charge in [-0.2, -0.15) is 0 Å². The molecule has 0 atom stereocenters. The van der Waals surface area contributed by atoms with Crippen LogP contribution >= 0.6 is 23.2 Å². The van der Waals surface area contributed by atoms with Crippen LogP contribution in [0, 0.1) is 0 Å². The van der Waals surface area contributed by atoms with Gasteiger partial charge in [-0.1, -0.05) is 29.3 Å². The molecule has 1 fully saturated rings. The van der Waals surface area contributed by atoms with E-state index in [1.54, 1.807) is 29.0 Å². The number of aromatic nitrogens is 2. The van der Waals surface area contributed by atoms with Gasteiger partial charge in [0.2, 0.25) is 0 Å². The molecule has 8 heteroatoms. The summed E-state index contributed by atoms with van der Waals surface area (Å²) in [5, 5.41) is 5.11. The van der Waals surface area contributed by atoms with Crippen LogP contribution in [0.5, 0.6) is 0 Å². The molecule has 0 saturated carbocycles. The molecule has 3 heterocycles. The molecule has 0 spiro atoms. The number of nitrogens with one attached hydrogen (secondary N) is 1. The van der Waals surface area contributed by atoms with Crippen molar-refractivity contribution in [1.29, 1.82) is 0 Å². The second-order valence-electron chi connectivity index (χ2n) is 8.79. The van der Waals surface area contributed by atoms with Crippen molar-refractivity contribution >= 4 is 51.3 Å². The van der Waals surface area contributed by atoms with Crippen molar-refractivity contribution in [2.45, 2.75) is 13.5 Å². The third kappa shape index (κ3) is 4.74. The molecular weight excluding hydrogens is 481 g/mol. The number of halogens is 2. The first-order valence-corrected chi connectivity index (χ1v) is 12.5. The second-order valence-corrected chi connectivity index (χ2v) is 9.61.